The van der Waals surface area contributed by atoms with Crippen molar-refractivity contribution in [3.05, 3.63) is 106 Å². The quantitative estimate of drug-likeness (QED) is 0.517. The molecule has 2 N–H and O–H groups in total. The molecule has 0 aliphatic carbocycles. The van der Waals surface area contributed by atoms with Gasteiger partial charge in [-0.3, -0.25) is 0 Å². The first-order valence-electron chi connectivity index (χ1n) is 8.48. The lowest BCUT2D eigenvalue weighted by Gasteiger charge is -2.29. The number of aliphatic hydroxyl groups is 1. The van der Waals surface area contributed by atoms with E-state index in [0.717, 1.165) is 22.2 Å². The Morgan fingerprint density at radius 2 is 1.35 bits per heavy atom. The van der Waals surface area contributed by atoms with Crippen LogP contribution in [0.1, 0.15) is 16.8 Å². The van der Waals surface area contributed by atoms with Crippen LogP contribution >= 0.6 is 12.2 Å². The van der Waals surface area contributed by atoms with Crippen molar-refractivity contribution < 1.29 is 5.11 Å². The number of hydrogen-bond donors (Lipinski definition) is 2. The second kappa shape index (κ2) is 6.83. The first kappa shape index (κ1) is 16.6. The Labute approximate surface area is 157 Å². The number of nitrogens with zero attached hydrogens (tertiary/aromatic N) is 1. The normalized spacial score (nSPS) is 11.6. The van der Waals surface area contributed by atoms with Gasteiger partial charge in [-0.25, -0.2) is 4.98 Å². The van der Waals surface area contributed by atoms with Gasteiger partial charge in [0.25, 0.3) is 0 Å². The number of para-hydroxylation sites is 2. The van der Waals surface area contributed by atoms with Crippen LogP contribution < -0.4 is 0 Å². The molecule has 0 aliphatic heterocycles. The van der Waals surface area contributed by atoms with Crippen molar-refractivity contribution in [3.8, 4) is 0 Å². The average Bonchev–Trinajstić information content (AvgIpc) is 2.70. The van der Waals surface area contributed by atoms with Gasteiger partial charge in [0.15, 0.2) is 0 Å². The summed E-state index contributed by atoms with van der Waals surface area (Å²) in [6.07, 6.45) is 0.293. The van der Waals surface area contributed by atoms with Crippen LogP contribution in [0.15, 0.2) is 84.9 Å². The molecule has 128 valence electrons. The summed E-state index contributed by atoms with van der Waals surface area (Å²) in [7, 11) is 0. The number of rotatable bonds is 4. The average molecular weight is 358 g/mol. The van der Waals surface area contributed by atoms with Crippen molar-refractivity contribution in [2.75, 3.05) is 0 Å². The lowest BCUT2D eigenvalue weighted by molar-refractivity contribution is 0.0799. The molecule has 1 aromatic heterocycles. The van der Waals surface area contributed by atoms with Crippen molar-refractivity contribution in [1.82, 2.24) is 9.97 Å². The second-order valence-corrected chi connectivity index (χ2v) is 6.71. The van der Waals surface area contributed by atoms with Crippen LogP contribution in [0.25, 0.3) is 11.0 Å². The minimum Gasteiger partial charge on any atom is -0.380 e. The Morgan fingerprint density at radius 1 is 0.808 bits per heavy atom. The minimum atomic E-state index is -1.21. The zero-order chi connectivity index (χ0) is 18.0. The van der Waals surface area contributed by atoms with Crippen LogP contribution in [0.2, 0.25) is 0 Å². The molecule has 4 rings (SSSR count). The highest BCUT2D eigenvalue weighted by Crippen LogP contribution is 2.33. The van der Waals surface area contributed by atoms with E-state index in [1.165, 1.54) is 0 Å². The van der Waals surface area contributed by atoms with Gasteiger partial charge in [-0.1, -0.05) is 85.0 Å². The SMILES string of the molecule is OC(Cc1nc2ccccc2[nH]c1=S)(c1ccccc1)c1ccccc1. The van der Waals surface area contributed by atoms with Crippen LogP contribution in [0, 0.1) is 4.64 Å². The van der Waals surface area contributed by atoms with Crippen molar-refractivity contribution >= 4 is 23.3 Å². The standard InChI is InChI=1S/C22H18N2OS/c25-22(16-9-3-1-4-10-16,17-11-5-2-6-12-17)15-20-21(26)24-19-14-8-7-13-18(19)23-20/h1-14,25H,15H2,(H,24,26). The monoisotopic (exact) mass is 358 g/mol. The smallest absolute Gasteiger partial charge is 0.125 e. The zero-order valence-electron chi connectivity index (χ0n) is 14.1. The lowest BCUT2D eigenvalue weighted by atomic mass is 9.82. The Balaban J connectivity index is 1.86. The molecule has 3 aromatic carbocycles. The van der Waals surface area contributed by atoms with Crippen molar-refractivity contribution in [2.45, 2.75) is 12.0 Å². The molecule has 4 aromatic rings. The van der Waals surface area contributed by atoms with E-state index in [0.29, 0.717) is 16.8 Å². The molecule has 0 atom stereocenters. The van der Waals surface area contributed by atoms with E-state index in [1.54, 1.807) is 0 Å². The van der Waals surface area contributed by atoms with Crippen LogP contribution in [-0.2, 0) is 12.0 Å². The maximum absolute atomic E-state index is 11.7. The summed E-state index contributed by atoms with van der Waals surface area (Å²) in [5.41, 5.74) is 2.82. The van der Waals surface area contributed by atoms with Crippen molar-refractivity contribution in [2.24, 2.45) is 0 Å². The summed E-state index contributed by atoms with van der Waals surface area (Å²) < 4.78 is 0.550. The molecule has 0 fully saturated rings. The summed E-state index contributed by atoms with van der Waals surface area (Å²) >= 11 is 5.52. The highest BCUT2D eigenvalue weighted by atomic mass is 32.1. The van der Waals surface area contributed by atoms with E-state index in [4.69, 9.17) is 17.2 Å². The van der Waals surface area contributed by atoms with E-state index in [2.05, 4.69) is 4.98 Å². The Morgan fingerprint density at radius 3 is 1.96 bits per heavy atom. The summed E-state index contributed by atoms with van der Waals surface area (Å²) in [4.78, 5) is 7.94. The molecule has 4 heteroatoms. The largest absolute Gasteiger partial charge is 0.380 e. The van der Waals surface area contributed by atoms with E-state index in [1.807, 2.05) is 84.9 Å². The number of aromatic amines is 1. The highest BCUT2D eigenvalue weighted by molar-refractivity contribution is 7.71. The molecular weight excluding hydrogens is 340 g/mol. The second-order valence-electron chi connectivity index (χ2n) is 6.30. The molecular formula is C22H18N2OS. The lowest BCUT2D eigenvalue weighted by Crippen LogP contribution is -2.30. The maximum Gasteiger partial charge on any atom is 0.125 e. The van der Waals surface area contributed by atoms with Gasteiger partial charge in [0.2, 0.25) is 0 Å². The van der Waals surface area contributed by atoms with Crippen LogP contribution in [0.4, 0.5) is 0 Å². The Bertz CT molecular complexity index is 1050. The van der Waals surface area contributed by atoms with Gasteiger partial charge >= 0.3 is 0 Å². The van der Waals surface area contributed by atoms with E-state index in [-0.39, 0.29) is 0 Å². The van der Waals surface area contributed by atoms with Gasteiger partial charge in [0.1, 0.15) is 10.2 Å². The van der Waals surface area contributed by atoms with E-state index < -0.39 is 5.60 Å². The topological polar surface area (TPSA) is 48.9 Å². The molecule has 0 spiro atoms. The zero-order valence-corrected chi connectivity index (χ0v) is 14.9. The van der Waals surface area contributed by atoms with Gasteiger partial charge in [-0.15, -0.1) is 0 Å². The number of fused-ring (bicyclic) bond motifs is 1. The number of aromatic nitrogens is 2. The van der Waals surface area contributed by atoms with Crippen LogP contribution in [0.5, 0.6) is 0 Å². The van der Waals surface area contributed by atoms with Gasteiger partial charge in [0.05, 0.1) is 16.7 Å². The number of H-pyrrole nitrogens is 1. The Hall–Kier alpha value is -2.82. The predicted octanol–water partition coefficient (Wildman–Crippen LogP) is 4.77. The third-order valence-corrected chi connectivity index (χ3v) is 4.93. The highest BCUT2D eigenvalue weighted by Gasteiger charge is 2.32. The molecule has 0 radical (unpaired) electrons. The molecule has 3 nitrogen and oxygen atoms in total. The van der Waals surface area contributed by atoms with Crippen LogP contribution in [-0.4, -0.2) is 15.1 Å². The van der Waals surface area contributed by atoms with Crippen molar-refractivity contribution in [1.29, 1.82) is 0 Å². The molecule has 0 saturated carbocycles. The molecule has 0 unspecified atom stereocenters. The first-order valence-corrected chi connectivity index (χ1v) is 8.89. The molecule has 26 heavy (non-hydrogen) atoms. The first-order chi connectivity index (χ1) is 12.7. The summed E-state index contributed by atoms with van der Waals surface area (Å²) in [6, 6.07) is 27.1. The third kappa shape index (κ3) is 3.05. The summed E-state index contributed by atoms with van der Waals surface area (Å²) in [6.45, 7) is 0. The van der Waals surface area contributed by atoms with Gasteiger partial charge in [-0.2, -0.15) is 0 Å². The molecule has 0 aliphatic rings. The number of nitrogens with one attached hydrogen (secondary N) is 1. The van der Waals surface area contributed by atoms with Crippen molar-refractivity contribution in [3.63, 3.8) is 0 Å². The number of hydrogen-bond acceptors (Lipinski definition) is 3. The fraction of sp³-hybridized carbons (Fsp3) is 0.0909. The van der Waals surface area contributed by atoms with Crippen LogP contribution in [0.3, 0.4) is 0 Å². The van der Waals surface area contributed by atoms with E-state index in [9.17, 15) is 5.11 Å². The Kier molecular flexibility index (Phi) is 4.37. The van der Waals surface area contributed by atoms with Gasteiger partial charge in [-0.05, 0) is 23.3 Å². The third-order valence-electron chi connectivity index (χ3n) is 4.60. The summed E-state index contributed by atoms with van der Waals surface area (Å²) in [5.74, 6) is 0. The predicted molar refractivity (Wildman–Crippen MR) is 107 cm³/mol. The van der Waals surface area contributed by atoms with Gasteiger partial charge < -0.3 is 10.1 Å². The molecule has 0 saturated heterocycles. The van der Waals surface area contributed by atoms with E-state index >= 15 is 0 Å². The molecule has 1 heterocycles. The maximum atomic E-state index is 11.7. The number of benzene rings is 3. The molecule has 0 bridgehead atoms. The minimum absolute atomic E-state index is 0.293. The fourth-order valence-electron chi connectivity index (χ4n) is 3.23. The fourth-order valence-corrected chi connectivity index (χ4v) is 3.46. The molecule has 0 amide bonds. The summed E-state index contributed by atoms with van der Waals surface area (Å²) in [5, 5.41) is 11.7. The van der Waals surface area contributed by atoms with Gasteiger partial charge in [0, 0.05) is 6.42 Å².